The quantitative estimate of drug-likeness (QED) is 0.354. The average Bonchev–Trinajstić information content (AvgIpc) is 2.52. The van der Waals surface area contributed by atoms with Gasteiger partial charge in [-0.25, -0.2) is 0 Å². The van der Waals surface area contributed by atoms with Crippen LogP contribution in [0, 0.1) is 0 Å². The Labute approximate surface area is 135 Å². The molecule has 8 heteroatoms. The maximum atomic E-state index is 5.85. The molecule has 0 rings (SSSR count). The van der Waals surface area contributed by atoms with Crippen LogP contribution in [-0.2, 0) is 32.2 Å². The number of hydrogen-bond donors (Lipinski definition) is 0. The fraction of sp³-hybridized carbons (Fsp3) is 1.00. The van der Waals surface area contributed by atoms with E-state index in [4.69, 9.17) is 32.2 Å². The summed E-state index contributed by atoms with van der Waals surface area (Å²) in [5.41, 5.74) is 0. The molecule has 22 heavy (non-hydrogen) atoms. The zero-order valence-corrected chi connectivity index (χ0v) is 16.0. The van der Waals surface area contributed by atoms with Gasteiger partial charge in [0.15, 0.2) is 0 Å². The second kappa shape index (κ2) is 11.5. The van der Waals surface area contributed by atoms with Gasteiger partial charge in [-0.05, 0) is 27.7 Å². The van der Waals surface area contributed by atoms with Crippen LogP contribution in [-0.4, -0.2) is 68.6 Å². The normalized spacial score (nSPS) is 14.3. The van der Waals surface area contributed by atoms with E-state index in [1.807, 2.05) is 27.7 Å². The van der Waals surface area contributed by atoms with E-state index in [1.165, 1.54) is 0 Å². The molecule has 0 N–H and O–H groups in total. The SMILES string of the molecule is CCOC(C[Si](OC)(OC)OC)C(OCC)(OCC)OCC. The zero-order valence-electron chi connectivity index (χ0n) is 15.0. The molecule has 0 spiro atoms. The van der Waals surface area contributed by atoms with E-state index in [1.54, 1.807) is 21.3 Å². The summed E-state index contributed by atoms with van der Waals surface area (Å²) < 4.78 is 39.7. The molecule has 0 aliphatic heterocycles. The molecule has 0 aromatic carbocycles. The van der Waals surface area contributed by atoms with Gasteiger partial charge >= 0.3 is 14.8 Å². The largest absolute Gasteiger partial charge is 0.503 e. The molecule has 134 valence electrons. The minimum atomic E-state index is -2.88. The number of ether oxygens (including phenoxy) is 4. The third-order valence-corrected chi connectivity index (χ3v) is 5.90. The first-order chi connectivity index (χ1) is 10.5. The summed E-state index contributed by atoms with van der Waals surface area (Å²) in [5, 5.41) is 0. The molecule has 0 bridgehead atoms. The van der Waals surface area contributed by atoms with Crippen LogP contribution in [0.2, 0.25) is 6.04 Å². The minimum absolute atomic E-state index is 0.352. The van der Waals surface area contributed by atoms with Crippen molar-refractivity contribution in [3.05, 3.63) is 0 Å². The lowest BCUT2D eigenvalue weighted by Crippen LogP contribution is -2.57. The van der Waals surface area contributed by atoms with Gasteiger partial charge in [0.25, 0.3) is 0 Å². The second-order valence-corrected chi connectivity index (χ2v) is 7.35. The molecule has 1 atom stereocenters. The summed E-state index contributed by atoms with van der Waals surface area (Å²) in [7, 11) is 1.80. The summed E-state index contributed by atoms with van der Waals surface area (Å²) in [6, 6.07) is 0.352. The van der Waals surface area contributed by atoms with E-state index in [0.29, 0.717) is 32.5 Å². The van der Waals surface area contributed by atoms with Crippen molar-refractivity contribution in [2.75, 3.05) is 47.8 Å². The Kier molecular flexibility index (Phi) is 11.4. The molecule has 0 saturated heterocycles. The maximum Gasteiger partial charge on any atom is 0.503 e. The van der Waals surface area contributed by atoms with E-state index in [2.05, 4.69) is 0 Å². The summed E-state index contributed by atoms with van der Waals surface area (Å²) in [4.78, 5) is 0. The maximum absolute atomic E-state index is 5.85. The monoisotopic (exact) mass is 340 g/mol. The van der Waals surface area contributed by atoms with E-state index in [-0.39, 0.29) is 0 Å². The summed E-state index contributed by atoms with van der Waals surface area (Å²) in [6.07, 6.45) is -0.538. The molecule has 0 aliphatic carbocycles. The fourth-order valence-electron chi connectivity index (χ4n) is 2.22. The Morgan fingerprint density at radius 3 is 1.41 bits per heavy atom. The second-order valence-electron chi connectivity index (χ2n) is 4.35. The molecular weight excluding hydrogens is 308 g/mol. The van der Waals surface area contributed by atoms with Crippen LogP contribution in [0.5, 0.6) is 0 Å². The lowest BCUT2D eigenvalue weighted by atomic mass is 10.3. The van der Waals surface area contributed by atoms with Crippen molar-refractivity contribution in [1.29, 1.82) is 0 Å². The lowest BCUT2D eigenvalue weighted by Gasteiger charge is -2.40. The van der Waals surface area contributed by atoms with Gasteiger partial charge in [-0.3, -0.25) is 0 Å². The van der Waals surface area contributed by atoms with E-state index in [0.717, 1.165) is 0 Å². The predicted molar refractivity (Wildman–Crippen MR) is 84.6 cm³/mol. The Hall–Kier alpha value is -0.0631. The van der Waals surface area contributed by atoms with Crippen LogP contribution >= 0.6 is 0 Å². The van der Waals surface area contributed by atoms with Crippen LogP contribution in [0.15, 0.2) is 0 Å². The zero-order chi connectivity index (χ0) is 17.1. The Morgan fingerprint density at radius 2 is 1.14 bits per heavy atom. The van der Waals surface area contributed by atoms with Gasteiger partial charge < -0.3 is 32.2 Å². The van der Waals surface area contributed by atoms with Gasteiger partial charge in [0, 0.05) is 47.8 Å². The van der Waals surface area contributed by atoms with Crippen LogP contribution in [0.1, 0.15) is 27.7 Å². The summed E-state index contributed by atoms with van der Waals surface area (Å²) in [5.74, 6) is -1.30. The van der Waals surface area contributed by atoms with Gasteiger partial charge in [0.05, 0.1) is 6.04 Å². The smallest absolute Gasteiger partial charge is 0.377 e. The van der Waals surface area contributed by atoms with Crippen LogP contribution < -0.4 is 0 Å². The van der Waals surface area contributed by atoms with Crippen LogP contribution in [0.3, 0.4) is 0 Å². The Bertz CT molecular complexity index is 249. The van der Waals surface area contributed by atoms with Crippen molar-refractivity contribution in [2.45, 2.75) is 45.8 Å². The molecule has 0 saturated carbocycles. The first-order valence-corrected chi connectivity index (χ1v) is 9.65. The molecular formula is C14H32O7Si. The van der Waals surface area contributed by atoms with Gasteiger partial charge in [-0.15, -0.1) is 0 Å². The summed E-state index contributed by atoms with van der Waals surface area (Å²) in [6.45, 7) is 9.27. The molecule has 0 radical (unpaired) electrons. The number of rotatable bonds is 14. The van der Waals surface area contributed by atoms with E-state index < -0.39 is 20.9 Å². The highest BCUT2D eigenvalue weighted by Crippen LogP contribution is 2.30. The third-order valence-electron chi connectivity index (χ3n) is 3.17. The van der Waals surface area contributed by atoms with Crippen molar-refractivity contribution in [2.24, 2.45) is 0 Å². The highest BCUT2D eigenvalue weighted by molar-refractivity contribution is 6.60. The molecule has 0 fully saturated rings. The molecule has 7 nitrogen and oxygen atoms in total. The van der Waals surface area contributed by atoms with Gasteiger partial charge in [0.2, 0.25) is 0 Å². The topological polar surface area (TPSA) is 64.6 Å². The number of hydrogen-bond acceptors (Lipinski definition) is 7. The first-order valence-electron chi connectivity index (χ1n) is 7.72. The first kappa shape index (κ1) is 21.9. The molecule has 0 aliphatic rings. The molecule has 1 unspecified atom stereocenters. The van der Waals surface area contributed by atoms with Crippen molar-refractivity contribution in [3.8, 4) is 0 Å². The van der Waals surface area contributed by atoms with Gasteiger partial charge in [0.1, 0.15) is 6.10 Å². The van der Waals surface area contributed by atoms with Gasteiger partial charge in [-0.1, -0.05) is 0 Å². The fourth-order valence-corrected chi connectivity index (χ4v) is 4.04. The molecule has 0 aromatic heterocycles. The van der Waals surface area contributed by atoms with Crippen molar-refractivity contribution < 1.29 is 32.2 Å². The van der Waals surface area contributed by atoms with Crippen molar-refractivity contribution >= 4 is 8.80 Å². The van der Waals surface area contributed by atoms with E-state index in [9.17, 15) is 0 Å². The van der Waals surface area contributed by atoms with Gasteiger partial charge in [-0.2, -0.15) is 0 Å². The minimum Gasteiger partial charge on any atom is -0.377 e. The average molecular weight is 340 g/mol. The van der Waals surface area contributed by atoms with Crippen LogP contribution in [0.25, 0.3) is 0 Å². The third kappa shape index (κ3) is 5.86. The standard InChI is InChI=1S/C14H32O7Si/c1-8-18-13(12-22(15-5,16-6)17-7)14(19-9-2,20-10-3)21-11-4/h13H,8-12H2,1-7H3. The molecule has 0 aromatic rings. The van der Waals surface area contributed by atoms with Crippen LogP contribution in [0.4, 0.5) is 0 Å². The van der Waals surface area contributed by atoms with Crippen molar-refractivity contribution in [3.63, 3.8) is 0 Å². The Balaban J connectivity index is 5.49. The highest BCUT2D eigenvalue weighted by Gasteiger charge is 2.51. The summed E-state index contributed by atoms with van der Waals surface area (Å²) >= 11 is 0. The Morgan fingerprint density at radius 1 is 0.727 bits per heavy atom. The molecule has 0 amide bonds. The predicted octanol–water partition coefficient (Wildman–Crippen LogP) is 2.03. The molecule has 0 heterocycles. The highest BCUT2D eigenvalue weighted by atomic mass is 28.4. The van der Waals surface area contributed by atoms with Crippen molar-refractivity contribution in [1.82, 2.24) is 0 Å². The van der Waals surface area contributed by atoms with E-state index >= 15 is 0 Å². The lowest BCUT2D eigenvalue weighted by molar-refractivity contribution is -0.412.